The highest BCUT2D eigenvalue weighted by molar-refractivity contribution is 5.47. The Morgan fingerprint density at radius 3 is 2.76 bits per heavy atom. The van der Waals surface area contributed by atoms with Crippen molar-refractivity contribution < 1.29 is 0 Å². The van der Waals surface area contributed by atoms with Gasteiger partial charge in [0, 0.05) is 44.5 Å². The van der Waals surface area contributed by atoms with Crippen molar-refractivity contribution in [2.75, 3.05) is 38.1 Å². The fraction of sp³-hybridized carbons (Fsp3) is 0.706. The van der Waals surface area contributed by atoms with E-state index in [1.165, 1.54) is 44.5 Å². The number of pyridine rings is 1. The zero-order chi connectivity index (χ0) is 15.1. The summed E-state index contributed by atoms with van der Waals surface area (Å²) in [6.07, 6.45) is 5.56. The molecule has 21 heavy (non-hydrogen) atoms. The van der Waals surface area contributed by atoms with Gasteiger partial charge in [0.2, 0.25) is 0 Å². The summed E-state index contributed by atoms with van der Waals surface area (Å²) in [5.41, 5.74) is 1.31. The molecule has 1 aromatic heterocycles. The van der Waals surface area contributed by atoms with Gasteiger partial charge in [-0.3, -0.25) is 0 Å². The van der Waals surface area contributed by atoms with Crippen LogP contribution in [-0.2, 0) is 6.54 Å². The van der Waals surface area contributed by atoms with Crippen LogP contribution in [-0.4, -0.2) is 49.2 Å². The van der Waals surface area contributed by atoms with E-state index in [1.54, 1.807) is 0 Å². The summed E-state index contributed by atoms with van der Waals surface area (Å²) in [5.74, 6) is 1.15. The standard InChI is InChI=1S/C17H30N4/c1-4-10-18-14-15-7-6-11-19-17(15)20(3)16-8-12-21(5-2)13-9-16/h6-7,11,16,18H,4-5,8-10,12-14H2,1-3H3. The molecule has 0 atom stereocenters. The van der Waals surface area contributed by atoms with E-state index in [0.717, 1.165) is 18.9 Å². The second-order valence-corrected chi connectivity index (χ2v) is 5.94. The second kappa shape index (κ2) is 8.35. The largest absolute Gasteiger partial charge is 0.356 e. The lowest BCUT2D eigenvalue weighted by Gasteiger charge is -2.37. The highest BCUT2D eigenvalue weighted by Gasteiger charge is 2.23. The van der Waals surface area contributed by atoms with Crippen molar-refractivity contribution in [3.8, 4) is 0 Å². The number of aromatic nitrogens is 1. The minimum absolute atomic E-state index is 0.618. The molecule has 1 aliphatic heterocycles. The number of hydrogen-bond acceptors (Lipinski definition) is 4. The summed E-state index contributed by atoms with van der Waals surface area (Å²) in [4.78, 5) is 9.58. The Balaban J connectivity index is 2.00. The first-order chi connectivity index (χ1) is 10.3. The smallest absolute Gasteiger partial charge is 0.133 e. The number of anilines is 1. The zero-order valence-corrected chi connectivity index (χ0v) is 13.8. The highest BCUT2D eigenvalue weighted by atomic mass is 15.2. The topological polar surface area (TPSA) is 31.4 Å². The third kappa shape index (κ3) is 4.42. The van der Waals surface area contributed by atoms with Gasteiger partial charge in [-0.25, -0.2) is 4.98 Å². The van der Waals surface area contributed by atoms with E-state index < -0.39 is 0 Å². The van der Waals surface area contributed by atoms with Crippen molar-refractivity contribution in [1.82, 2.24) is 15.2 Å². The Labute approximate surface area is 129 Å². The molecule has 0 saturated carbocycles. The molecule has 4 heteroatoms. The van der Waals surface area contributed by atoms with E-state index in [0.29, 0.717) is 6.04 Å². The van der Waals surface area contributed by atoms with Gasteiger partial charge in [-0.15, -0.1) is 0 Å². The lowest BCUT2D eigenvalue weighted by atomic mass is 10.0. The summed E-state index contributed by atoms with van der Waals surface area (Å²) in [7, 11) is 2.21. The maximum Gasteiger partial charge on any atom is 0.133 e. The van der Waals surface area contributed by atoms with Crippen molar-refractivity contribution in [3.05, 3.63) is 23.9 Å². The van der Waals surface area contributed by atoms with Crippen molar-refractivity contribution in [2.45, 2.75) is 45.7 Å². The molecule has 0 spiro atoms. The van der Waals surface area contributed by atoms with Crippen LogP contribution in [0.1, 0.15) is 38.7 Å². The first kappa shape index (κ1) is 16.2. The van der Waals surface area contributed by atoms with E-state index in [2.05, 4.69) is 47.1 Å². The molecule has 2 heterocycles. The van der Waals surface area contributed by atoms with Gasteiger partial charge in [-0.2, -0.15) is 0 Å². The number of nitrogens with zero attached hydrogens (tertiary/aromatic N) is 3. The Morgan fingerprint density at radius 2 is 2.10 bits per heavy atom. The average molecular weight is 290 g/mol. The molecule has 118 valence electrons. The van der Waals surface area contributed by atoms with Crippen molar-refractivity contribution >= 4 is 5.82 Å². The van der Waals surface area contributed by atoms with E-state index in [4.69, 9.17) is 0 Å². The normalized spacial score (nSPS) is 17.1. The van der Waals surface area contributed by atoms with Gasteiger partial charge >= 0.3 is 0 Å². The van der Waals surface area contributed by atoms with Crippen LogP contribution in [0, 0.1) is 0 Å². The summed E-state index contributed by atoms with van der Waals surface area (Å²) >= 11 is 0. The summed E-state index contributed by atoms with van der Waals surface area (Å²) in [6, 6.07) is 4.86. The molecule has 0 unspecified atom stereocenters. The lowest BCUT2D eigenvalue weighted by molar-refractivity contribution is 0.220. The molecule has 0 aliphatic carbocycles. The molecular weight excluding hydrogens is 260 g/mol. The first-order valence-corrected chi connectivity index (χ1v) is 8.36. The van der Waals surface area contributed by atoms with Crippen LogP contribution in [0.5, 0.6) is 0 Å². The zero-order valence-electron chi connectivity index (χ0n) is 13.8. The van der Waals surface area contributed by atoms with Gasteiger partial charge in [-0.05, 0) is 38.4 Å². The number of likely N-dealkylation sites (tertiary alicyclic amines) is 1. The third-order valence-corrected chi connectivity index (χ3v) is 4.50. The summed E-state index contributed by atoms with van der Waals surface area (Å²) < 4.78 is 0. The van der Waals surface area contributed by atoms with Gasteiger partial charge in [0.05, 0.1) is 0 Å². The predicted molar refractivity (Wildman–Crippen MR) is 89.8 cm³/mol. The molecular formula is C17H30N4. The summed E-state index contributed by atoms with van der Waals surface area (Å²) in [6.45, 7) is 10.0. The predicted octanol–water partition coefficient (Wildman–Crippen LogP) is 2.50. The molecule has 0 amide bonds. The fourth-order valence-electron chi connectivity index (χ4n) is 3.08. The van der Waals surface area contributed by atoms with Crippen LogP contribution in [0.2, 0.25) is 0 Å². The maximum atomic E-state index is 4.64. The van der Waals surface area contributed by atoms with E-state index >= 15 is 0 Å². The van der Waals surface area contributed by atoms with Gasteiger partial charge < -0.3 is 15.1 Å². The van der Waals surface area contributed by atoms with E-state index in [1.807, 2.05) is 12.3 Å². The van der Waals surface area contributed by atoms with Crippen molar-refractivity contribution in [2.24, 2.45) is 0 Å². The first-order valence-electron chi connectivity index (χ1n) is 8.36. The SMILES string of the molecule is CCCNCc1cccnc1N(C)C1CCN(CC)CC1. The van der Waals surface area contributed by atoms with Crippen LogP contribution in [0.25, 0.3) is 0 Å². The van der Waals surface area contributed by atoms with Gasteiger partial charge in [0.1, 0.15) is 5.82 Å². The minimum Gasteiger partial charge on any atom is -0.356 e. The fourth-order valence-corrected chi connectivity index (χ4v) is 3.08. The molecule has 1 aromatic rings. The number of hydrogen-bond donors (Lipinski definition) is 1. The third-order valence-electron chi connectivity index (χ3n) is 4.50. The molecule has 0 bridgehead atoms. The van der Waals surface area contributed by atoms with E-state index in [9.17, 15) is 0 Å². The Bertz CT molecular complexity index is 413. The lowest BCUT2D eigenvalue weighted by Crippen LogP contribution is -2.44. The molecule has 1 fully saturated rings. The molecule has 4 nitrogen and oxygen atoms in total. The van der Waals surface area contributed by atoms with Crippen LogP contribution in [0.3, 0.4) is 0 Å². The molecule has 1 N–H and O–H groups in total. The molecule has 1 saturated heterocycles. The van der Waals surface area contributed by atoms with Gasteiger partial charge in [0.15, 0.2) is 0 Å². The molecule has 0 radical (unpaired) electrons. The van der Waals surface area contributed by atoms with Crippen LogP contribution < -0.4 is 10.2 Å². The number of nitrogens with one attached hydrogen (secondary N) is 1. The Kier molecular flexibility index (Phi) is 6.46. The quantitative estimate of drug-likeness (QED) is 0.782. The van der Waals surface area contributed by atoms with E-state index in [-0.39, 0.29) is 0 Å². The Hall–Kier alpha value is -1.13. The highest BCUT2D eigenvalue weighted by Crippen LogP contribution is 2.23. The van der Waals surface area contributed by atoms with Crippen LogP contribution in [0.4, 0.5) is 5.82 Å². The number of piperidine rings is 1. The van der Waals surface area contributed by atoms with Gasteiger partial charge in [-0.1, -0.05) is 19.9 Å². The van der Waals surface area contributed by atoms with Crippen molar-refractivity contribution in [1.29, 1.82) is 0 Å². The molecule has 1 aliphatic rings. The van der Waals surface area contributed by atoms with Gasteiger partial charge in [0.25, 0.3) is 0 Å². The molecule has 0 aromatic carbocycles. The number of rotatable bonds is 7. The second-order valence-electron chi connectivity index (χ2n) is 5.94. The summed E-state index contributed by atoms with van der Waals surface area (Å²) in [5, 5.41) is 3.49. The Morgan fingerprint density at radius 1 is 1.33 bits per heavy atom. The van der Waals surface area contributed by atoms with Crippen LogP contribution >= 0.6 is 0 Å². The maximum absolute atomic E-state index is 4.64. The monoisotopic (exact) mass is 290 g/mol. The van der Waals surface area contributed by atoms with Crippen molar-refractivity contribution in [3.63, 3.8) is 0 Å². The molecule has 2 rings (SSSR count). The average Bonchev–Trinajstić information content (AvgIpc) is 2.55. The van der Waals surface area contributed by atoms with Crippen LogP contribution in [0.15, 0.2) is 18.3 Å². The minimum atomic E-state index is 0.618.